The summed E-state index contributed by atoms with van der Waals surface area (Å²) in [5, 5.41) is 17.4. The van der Waals surface area contributed by atoms with Gasteiger partial charge in [0, 0.05) is 23.7 Å². The molecule has 0 fully saturated rings. The van der Waals surface area contributed by atoms with Crippen molar-refractivity contribution in [1.82, 2.24) is 20.1 Å². The van der Waals surface area contributed by atoms with E-state index in [1.165, 1.54) is 6.07 Å². The summed E-state index contributed by atoms with van der Waals surface area (Å²) < 4.78 is 40.7. The van der Waals surface area contributed by atoms with Crippen LogP contribution in [0, 0.1) is 0 Å². The number of benzene rings is 2. The molecule has 0 aliphatic rings. The van der Waals surface area contributed by atoms with Gasteiger partial charge in [-0.3, -0.25) is 4.68 Å². The van der Waals surface area contributed by atoms with Crippen LogP contribution < -0.4 is 5.32 Å². The minimum Gasteiger partial charge on any atom is -0.395 e. The van der Waals surface area contributed by atoms with Crippen LogP contribution in [-0.4, -0.2) is 33.0 Å². The number of nitrogens with one attached hydrogen (secondary N) is 1. The molecule has 0 saturated heterocycles. The summed E-state index contributed by atoms with van der Waals surface area (Å²) in [6.45, 7) is 4.54. The third-order valence-electron chi connectivity index (χ3n) is 4.98. The van der Waals surface area contributed by atoms with E-state index >= 15 is 0 Å². The Hall–Kier alpha value is -3.65. The number of fused-ring (bicyclic) bond motifs is 1. The quantitative estimate of drug-likeness (QED) is 0.438. The fourth-order valence-corrected chi connectivity index (χ4v) is 3.48. The van der Waals surface area contributed by atoms with Gasteiger partial charge in [0.2, 0.25) is 0 Å². The molecule has 2 N–H and O–H groups in total. The smallest absolute Gasteiger partial charge is 0.395 e. The zero-order chi connectivity index (χ0) is 22.7. The minimum absolute atomic E-state index is 0.0108. The first-order valence-corrected chi connectivity index (χ1v) is 9.99. The fourth-order valence-electron chi connectivity index (χ4n) is 3.48. The van der Waals surface area contributed by atoms with Crippen molar-refractivity contribution in [1.29, 1.82) is 0 Å². The summed E-state index contributed by atoms with van der Waals surface area (Å²) in [4.78, 5) is 4.67. The molecule has 4 rings (SSSR count). The van der Waals surface area contributed by atoms with Crippen molar-refractivity contribution in [2.24, 2.45) is 0 Å². The molecular formula is C24H21F3N4O. The standard InChI is InChI=1S/C24H21F3N4O/c1-16(28-11-12-32)21-8-4-9-22(29-21)19-7-3-10-23-20(19)15-31(30-23)14-17-5-2-6-18(13-17)24(25,26)27/h2-10,13,15,28,32H,1,11-12,14H2. The van der Waals surface area contributed by atoms with Crippen LogP contribution in [0.4, 0.5) is 13.2 Å². The van der Waals surface area contributed by atoms with Crippen molar-refractivity contribution in [2.45, 2.75) is 12.7 Å². The molecule has 0 aliphatic carbocycles. The third kappa shape index (κ3) is 4.65. The first-order chi connectivity index (χ1) is 15.3. The van der Waals surface area contributed by atoms with Crippen LogP contribution in [0.25, 0.3) is 27.9 Å². The van der Waals surface area contributed by atoms with Crippen molar-refractivity contribution < 1.29 is 18.3 Å². The minimum atomic E-state index is -4.38. The number of nitrogens with zero attached hydrogens (tertiary/aromatic N) is 3. The summed E-state index contributed by atoms with van der Waals surface area (Å²) in [7, 11) is 0. The number of aromatic nitrogens is 3. The molecule has 0 unspecified atom stereocenters. The molecule has 2 aromatic heterocycles. The Morgan fingerprint density at radius 3 is 2.62 bits per heavy atom. The Bertz CT molecular complexity index is 1260. The Morgan fingerprint density at radius 2 is 1.84 bits per heavy atom. The highest BCUT2D eigenvalue weighted by Gasteiger charge is 2.30. The van der Waals surface area contributed by atoms with E-state index in [2.05, 4.69) is 22.0 Å². The number of hydrogen-bond donors (Lipinski definition) is 2. The topological polar surface area (TPSA) is 63.0 Å². The number of hydrogen-bond acceptors (Lipinski definition) is 4. The largest absolute Gasteiger partial charge is 0.416 e. The Kier molecular flexibility index (Phi) is 5.96. The molecule has 0 atom stereocenters. The van der Waals surface area contributed by atoms with Gasteiger partial charge in [0.1, 0.15) is 0 Å². The lowest BCUT2D eigenvalue weighted by Crippen LogP contribution is -2.16. The fraction of sp³-hybridized carbons (Fsp3) is 0.167. The van der Waals surface area contributed by atoms with Crippen molar-refractivity contribution in [2.75, 3.05) is 13.2 Å². The second-order valence-electron chi connectivity index (χ2n) is 7.30. The van der Waals surface area contributed by atoms with Crippen molar-refractivity contribution in [3.8, 4) is 11.3 Å². The van der Waals surface area contributed by atoms with E-state index < -0.39 is 11.7 Å². The molecule has 0 saturated carbocycles. The summed E-state index contributed by atoms with van der Waals surface area (Å²) >= 11 is 0. The maximum absolute atomic E-state index is 13.0. The molecule has 32 heavy (non-hydrogen) atoms. The average Bonchev–Trinajstić information content (AvgIpc) is 3.19. The van der Waals surface area contributed by atoms with Gasteiger partial charge in [0.15, 0.2) is 0 Å². The predicted molar refractivity (Wildman–Crippen MR) is 118 cm³/mol. The number of halogens is 3. The monoisotopic (exact) mass is 438 g/mol. The van der Waals surface area contributed by atoms with E-state index in [1.54, 1.807) is 10.7 Å². The molecule has 0 aliphatic heterocycles. The summed E-state index contributed by atoms with van der Waals surface area (Å²) in [6.07, 6.45) is -2.57. The van der Waals surface area contributed by atoms with Gasteiger partial charge in [0.05, 0.1) is 41.3 Å². The van der Waals surface area contributed by atoms with Crippen LogP contribution in [0.2, 0.25) is 0 Å². The molecule has 8 heteroatoms. The van der Waals surface area contributed by atoms with Gasteiger partial charge in [-0.1, -0.05) is 36.9 Å². The highest BCUT2D eigenvalue weighted by atomic mass is 19.4. The molecule has 0 radical (unpaired) electrons. The number of rotatable bonds is 7. The molecular weight excluding hydrogens is 417 g/mol. The molecule has 2 aromatic carbocycles. The van der Waals surface area contributed by atoms with Gasteiger partial charge in [-0.25, -0.2) is 4.98 Å². The van der Waals surface area contributed by atoms with Gasteiger partial charge in [-0.05, 0) is 35.9 Å². The molecule has 0 amide bonds. The van der Waals surface area contributed by atoms with Gasteiger partial charge in [-0.2, -0.15) is 18.3 Å². The van der Waals surface area contributed by atoms with Gasteiger partial charge in [-0.15, -0.1) is 0 Å². The first-order valence-electron chi connectivity index (χ1n) is 9.99. The van der Waals surface area contributed by atoms with Crippen molar-refractivity contribution in [3.05, 3.63) is 90.3 Å². The maximum atomic E-state index is 13.0. The van der Waals surface area contributed by atoms with Crippen LogP contribution >= 0.6 is 0 Å². The van der Waals surface area contributed by atoms with Crippen LogP contribution in [0.3, 0.4) is 0 Å². The SMILES string of the molecule is C=C(NCCO)c1cccc(-c2cccc3nn(Cc4cccc(C(F)(F)F)c4)cc23)n1. The number of aliphatic hydroxyl groups excluding tert-OH is 1. The Morgan fingerprint density at radius 1 is 1.06 bits per heavy atom. The lowest BCUT2D eigenvalue weighted by molar-refractivity contribution is -0.137. The Labute approximate surface area is 182 Å². The molecule has 4 aromatic rings. The normalized spacial score (nSPS) is 11.6. The van der Waals surface area contributed by atoms with E-state index in [0.717, 1.165) is 34.3 Å². The predicted octanol–water partition coefficient (Wildman–Crippen LogP) is 4.72. The number of pyridine rings is 1. The van der Waals surface area contributed by atoms with Gasteiger partial charge >= 0.3 is 6.18 Å². The third-order valence-corrected chi connectivity index (χ3v) is 4.98. The van der Waals surface area contributed by atoms with Crippen LogP contribution in [-0.2, 0) is 12.7 Å². The number of aliphatic hydroxyl groups is 1. The van der Waals surface area contributed by atoms with Crippen molar-refractivity contribution >= 4 is 16.6 Å². The van der Waals surface area contributed by atoms with Gasteiger partial charge < -0.3 is 10.4 Å². The second kappa shape index (κ2) is 8.84. The molecule has 0 bridgehead atoms. The van der Waals surface area contributed by atoms with Crippen LogP contribution in [0.1, 0.15) is 16.8 Å². The summed E-state index contributed by atoms with van der Waals surface area (Å²) in [5.41, 5.74) is 3.40. The maximum Gasteiger partial charge on any atom is 0.416 e. The van der Waals surface area contributed by atoms with Gasteiger partial charge in [0.25, 0.3) is 0 Å². The van der Waals surface area contributed by atoms with E-state index in [0.29, 0.717) is 23.5 Å². The van der Waals surface area contributed by atoms with E-state index in [9.17, 15) is 13.2 Å². The molecule has 164 valence electrons. The molecule has 0 spiro atoms. The second-order valence-corrected chi connectivity index (χ2v) is 7.30. The number of alkyl halides is 3. The van der Waals surface area contributed by atoms with E-state index in [1.807, 2.05) is 42.6 Å². The highest BCUT2D eigenvalue weighted by molar-refractivity contribution is 5.93. The van der Waals surface area contributed by atoms with E-state index in [-0.39, 0.29) is 13.2 Å². The lowest BCUT2D eigenvalue weighted by atomic mass is 10.1. The highest BCUT2D eigenvalue weighted by Crippen LogP contribution is 2.30. The summed E-state index contributed by atoms with van der Waals surface area (Å²) in [5.74, 6) is 0. The molecule has 2 heterocycles. The first kappa shape index (κ1) is 21.6. The average molecular weight is 438 g/mol. The zero-order valence-electron chi connectivity index (χ0n) is 17.1. The summed E-state index contributed by atoms with van der Waals surface area (Å²) in [6, 6.07) is 16.5. The Balaban J connectivity index is 1.66. The van der Waals surface area contributed by atoms with Crippen molar-refractivity contribution in [3.63, 3.8) is 0 Å². The zero-order valence-corrected chi connectivity index (χ0v) is 17.1. The molecule has 5 nitrogen and oxygen atoms in total. The van der Waals surface area contributed by atoms with Crippen LogP contribution in [0.15, 0.2) is 73.4 Å². The van der Waals surface area contributed by atoms with E-state index in [4.69, 9.17) is 5.11 Å². The van der Waals surface area contributed by atoms with Crippen LogP contribution in [0.5, 0.6) is 0 Å². The lowest BCUT2D eigenvalue weighted by Gasteiger charge is -2.09.